The molecular weight excluding hydrogens is 198 g/mol. The van der Waals surface area contributed by atoms with Gasteiger partial charge in [-0.15, -0.1) is 0 Å². The van der Waals surface area contributed by atoms with Gasteiger partial charge in [-0.3, -0.25) is 4.90 Å². The average Bonchev–Trinajstić information content (AvgIpc) is 2.82. The maximum absolute atomic E-state index is 9.40. The van der Waals surface area contributed by atoms with Gasteiger partial charge >= 0.3 is 0 Å². The zero-order chi connectivity index (χ0) is 11.2. The Morgan fingerprint density at radius 2 is 2.38 bits per heavy atom. The molecule has 1 aromatic rings. The van der Waals surface area contributed by atoms with Gasteiger partial charge in [0.2, 0.25) is 0 Å². The van der Waals surface area contributed by atoms with E-state index in [0.29, 0.717) is 11.3 Å². The van der Waals surface area contributed by atoms with Gasteiger partial charge < -0.3 is 5.11 Å². The summed E-state index contributed by atoms with van der Waals surface area (Å²) < 4.78 is 0. The number of nitrogens with zero attached hydrogens (tertiary/aromatic N) is 1. The first kappa shape index (κ1) is 10.2. The van der Waals surface area contributed by atoms with Crippen LogP contribution in [0, 0.1) is 5.92 Å². The van der Waals surface area contributed by atoms with E-state index in [-0.39, 0.29) is 0 Å². The van der Waals surface area contributed by atoms with E-state index in [4.69, 9.17) is 0 Å². The van der Waals surface area contributed by atoms with Crippen molar-refractivity contribution in [1.29, 1.82) is 0 Å². The largest absolute Gasteiger partial charge is 0.508 e. The molecule has 2 fully saturated rings. The molecule has 86 valence electrons. The van der Waals surface area contributed by atoms with Gasteiger partial charge in [-0.25, -0.2) is 0 Å². The quantitative estimate of drug-likeness (QED) is 0.840. The molecule has 1 saturated carbocycles. The summed E-state index contributed by atoms with van der Waals surface area (Å²) in [5.41, 5.74) is 1.77. The number of hydrogen-bond acceptors (Lipinski definition) is 2. The summed E-state index contributed by atoms with van der Waals surface area (Å²) in [6, 6.07) is 7.64. The molecule has 0 aromatic heterocycles. The number of likely N-dealkylation sites (tertiary alicyclic amines) is 1. The summed E-state index contributed by atoms with van der Waals surface area (Å²) >= 11 is 0. The van der Waals surface area contributed by atoms with E-state index in [0.717, 1.165) is 18.9 Å². The van der Waals surface area contributed by atoms with Crippen molar-refractivity contribution in [2.24, 2.45) is 5.92 Å². The van der Waals surface area contributed by atoms with Gasteiger partial charge in [-0.2, -0.15) is 0 Å². The zero-order valence-corrected chi connectivity index (χ0v) is 9.82. The second kappa shape index (κ2) is 3.49. The van der Waals surface area contributed by atoms with Crippen LogP contribution < -0.4 is 0 Å². The van der Waals surface area contributed by atoms with E-state index in [1.807, 2.05) is 12.1 Å². The van der Waals surface area contributed by atoms with Crippen LogP contribution in [0.1, 0.15) is 25.3 Å². The predicted octanol–water partition coefficient (Wildman–Crippen LogP) is 2.42. The molecule has 1 unspecified atom stereocenters. The van der Waals surface area contributed by atoms with Gasteiger partial charge in [-0.1, -0.05) is 12.1 Å². The zero-order valence-electron chi connectivity index (χ0n) is 9.82. The second-order valence-corrected chi connectivity index (χ2v) is 5.45. The Labute approximate surface area is 96.9 Å². The molecule has 0 bridgehead atoms. The van der Waals surface area contributed by atoms with Gasteiger partial charge in [0.25, 0.3) is 0 Å². The molecule has 1 aliphatic heterocycles. The maximum Gasteiger partial charge on any atom is 0.115 e. The Morgan fingerprint density at radius 3 is 3.00 bits per heavy atom. The summed E-state index contributed by atoms with van der Waals surface area (Å²) in [6.45, 7) is 4.80. The Hall–Kier alpha value is -1.02. The van der Waals surface area contributed by atoms with Crippen molar-refractivity contribution in [3.05, 3.63) is 29.8 Å². The standard InChI is InChI=1S/C14H19NO/c1-14-10-12(14)6-8-15(14)7-5-11-3-2-4-13(16)9-11/h2-4,9,12,16H,5-8,10H2,1H3/t12?,14-/m0/s1. The fourth-order valence-corrected chi connectivity index (χ4v) is 3.15. The molecule has 3 rings (SSSR count). The van der Waals surface area contributed by atoms with Crippen LogP contribution in [0.4, 0.5) is 0 Å². The molecule has 0 amide bonds. The van der Waals surface area contributed by atoms with Crippen molar-refractivity contribution in [2.45, 2.75) is 31.7 Å². The topological polar surface area (TPSA) is 23.5 Å². The minimum Gasteiger partial charge on any atom is -0.508 e. The van der Waals surface area contributed by atoms with Crippen LogP contribution in [0.25, 0.3) is 0 Å². The molecule has 0 radical (unpaired) electrons. The molecule has 2 atom stereocenters. The molecule has 1 N–H and O–H groups in total. The van der Waals surface area contributed by atoms with E-state index < -0.39 is 0 Å². The van der Waals surface area contributed by atoms with Crippen molar-refractivity contribution >= 4 is 0 Å². The lowest BCUT2D eigenvalue weighted by atomic mass is 10.1. The number of hydrogen-bond donors (Lipinski definition) is 1. The lowest BCUT2D eigenvalue weighted by Crippen LogP contribution is -2.33. The number of fused-ring (bicyclic) bond motifs is 1. The highest BCUT2D eigenvalue weighted by atomic mass is 16.3. The summed E-state index contributed by atoms with van der Waals surface area (Å²) in [5.74, 6) is 1.35. The smallest absolute Gasteiger partial charge is 0.115 e. The molecule has 1 saturated heterocycles. The fourth-order valence-electron chi connectivity index (χ4n) is 3.15. The van der Waals surface area contributed by atoms with Crippen LogP contribution in [0.2, 0.25) is 0 Å². The van der Waals surface area contributed by atoms with Crippen molar-refractivity contribution in [1.82, 2.24) is 4.90 Å². The highest BCUT2D eigenvalue weighted by Crippen LogP contribution is 2.55. The van der Waals surface area contributed by atoms with Crippen LogP contribution in [0.3, 0.4) is 0 Å². The third kappa shape index (κ3) is 1.61. The molecule has 0 spiro atoms. The fraction of sp³-hybridized carbons (Fsp3) is 0.571. The van der Waals surface area contributed by atoms with Crippen LogP contribution in [-0.4, -0.2) is 28.6 Å². The minimum absolute atomic E-state index is 0.384. The average molecular weight is 217 g/mol. The third-order valence-corrected chi connectivity index (χ3v) is 4.43. The van der Waals surface area contributed by atoms with E-state index in [2.05, 4.69) is 17.9 Å². The highest BCUT2D eigenvalue weighted by Gasteiger charge is 2.57. The summed E-state index contributed by atoms with van der Waals surface area (Å²) in [5, 5.41) is 9.40. The van der Waals surface area contributed by atoms with E-state index in [9.17, 15) is 5.11 Å². The van der Waals surface area contributed by atoms with Crippen molar-refractivity contribution in [3.63, 3.8) is 0 Å². The highest BCUT2D eigenvalue weighted by molar-refractivity contribution is 5.27. The van der Waals surface area contributed by atoms with E-state index >= 15 is 0 Å². The minimum atomic E-state index is 0.384. The number of rotatable bonds is 3. The van der Waals surface area contributed by atoms with Crippen LogP contribution in [0.15, 0.2) is 24.3 Å². The van der Waals surface area contributed by atoms with Gasteiger partial charge in [-0.05, 0) is 56.3 Å². The normalized spacial score (nSPS) is 32.7. The van der Waals surface area contributed by atoms with E-state index in [1.54, 1.807) is 6.07 Å². The second-order valence-electron chi connectivity index (χ2n) is 5.45. The van der Waals surface area contributed by atoms with Gasteiger partial charge in [0.1, 0.15) is 5.75 Å². The van der Waals surface area contributed by atoms with Gasteiger partial charge in [0.15, 0.2) is 0 Å². The third-order valence-electron chi connectivity index (χ3n) is 4.43. The first-order valence-electron chi connectivity index (χ1n) is 6.21. The summed E-state index contributed by atoms with van der Waals surface area (Å²) in [6.07, 6.45) is 3.83. The number of phenols is 1. The Morgan fingerprint density at radius 1 is 1.50 bits per heavy atom. The number of piperidine rings is 1. The van der Waals surface area contributed by atoms with Crippen molar-refractivity contribution in [2.75, 3.05) is 13.1 Å². The monoisotopic (exact) mass is 217 g/mol. The van der Waals surface area contributed by atoms with Crippen molar-refractivity contribution in [3.8, 4) is 5.75 Å². The number of aromatic hydroxyl groups is 1. The SMILES string of the molecule is C[C@]12CC1CCN2CCc1cccc(O)c1. The molecule has 2 aliphatic rings. The molecule has 1 heterocycles. The number of phenolic OH excluding ortho intramolecular Hbond substituents is 1. The first-order chi connectivity index (χ1) is 7.68. The lowest BCUT2D eigenvalue weighted by Gasteiger charge is -2.24. The summed E-state index contributed by atoms with van der Waals surface area (Å²) in [4.78, 5) is 2.63. The Kier molecular flexibility index (Phi) is 2.21. The number of benzene rings is 1. The maximum atomic E-state index is 9.40. The lowest BCUT2D eigenvalue weighted by molar-refractivity contribution is 0.228. The molecule has 2 nitrogen and oxygen atoms in total. The van der Waals surface area contributed by atoms with Gasteiger partial charge in [0.05, 0.1) is 0 Å². The molecule has 2 heteroatoms. The van der Waals surface area contributed by atoms with Crippen molar-refractivity contribution < 1.29 is 5.11 Å². The summed E-state index contributed by atoms with van der Waals surface area (Å²) in [7, 11) is 0. The van der Waals surface area contributed by atoms with Crippen LogP contribution >= 0.6 is 0 Å². The molecule has 16 heavy (non-hydrogen) atoms. The molecule has 1 aromatic carbocycles. The van der Waals surface area contributed by atoms with E-state index in [1.165, 1.54) is 24.9 Å². The molecule has 1 aliphatic carbocycles. The Balaban J connectivity index is 1.61. The van der Waals surface area contributed by atoms with Gasteiger partial charge in [0, 0.05) is 12.1 Å². The van der Waals surface area contributed by atoms with Crippen LogP contribution in [0.5, 0.6) is 5.75 Å². The first-order valence-corrected chi connectivity index (χ1v) is 6.21. The predicted molar refractivity (Wildman–Crippen MR) is 64.5 cm³/mol. The molecular formula is C14H19NO. The van der Waals surface area contributed by atoms with Crippen LogP contribution in [-0.2, 0) is 6.42 Å². The Bertz CT molecular complexity index is 401.